The molecule has 0 saturated carbocycles. The van der Waals surface area contributed by atoms with Gasteiger partial charge in [-0.15, -0.1) is 0 Å². The quantitative estimate of drug-likeness (QED) is 0.794. The van der Waals surface area contributed by atoms with E-state index in [0.717, 1.165) is 63.6 Å². The molecule has 6 nitrogen and oxygen atoms in total. The molecular weight excluding hydrogens is 330 g/mol. The van der Waals surface area contributed by atoms with Crippen LogP contribution in [0.5, 0.6) is 0 Å². The van der Waals surface area contributed by atoms with Crippen molar-refractivity contribution >= 4 is 0 Å². The van der Waals surface area contributed by atoms with E-state index in [1.165, 1.54) is 11.3 Å². The lowest BCUT2D eigenvalue weighted by atomic mass is 9.97. The molecule has 0 amide bonds. The number of aromatic nitrogens is 2. The molecule has 4 rings (SSSR count). The largest absolute Gasteiger partial charge is 0.465 e. The van der Waals surface area contributed by atoms with Crippen LogP contribution < -0.4 is 0 Å². The lowest BCUT2D eigenvalue weighted by Crippen LogP contribution is -2.38. The maximum atomic E-state index is 5.82. The predicted octanol–water partition coefficient (Wildman–Crippen LogP) is 2.96. The number of furan rings is 1. The summed E-state index contributed by atoms with van der Waals surface area (Å²) in [6.07, 6.45) is 5.34. The summed E-state index contributed by atoms with van der Waals surface area (Å²) in [5.74, 6) is 2.63. The van der Waals surface area contributed by atoms with Crippen molar-refractivity contribution in [3.63, 3.8) is 0 Å². The first-order valence-corrected chi connectivity index (χ1v) is 9.65. The molecule has 0 unspecified atom stereocenters. The second-order valence-corrected chi connectivity index (χ2v) is 7.50. The zero-order valence-corrected chi connectivity index (χ0v) is 15.8. The maximum Gasteiger partial charge on any atom is 0.118 e. The molecule has 6 heteroatoms. The second-order valence-electron chi connectivity index (χ2n) is 7.50. The predicted molar refractivity (Wildman–Crippen MR) is 97.9 cm³/mol. The number of nitrogens with zero attached hydrogens (tertiary/aromatic N) is 3. The van der Waals surface area contributed by atoms with Crippen LogP contribution in [-0.4, -0.2) is 48.2 Å². The van der Waals surface area contributed by atoms with Crippen molar-refractivity contribution in [1.82, 2.24) is 14.7 Å². The molecule has 26 heavy (non-hydrogen) atoms. The summed E-state index contributed by atoms with van der Waals surface area (Å²) in [6, 6.07) is 4.33. The number of hydrogen-bond donors (Lipinski definition) is 0. The number of aryl methyl sites for hydroxylation is 1. The number of ether oxygens (including phenoxy) is 2. The van der Waals surface area contributed by atoms with Gasteiger partial charge in [-0.25, -0.2) is 0 Å². The fourth-order valence-electron chi connectivity index (χ4n) is 4.23. The van der Waals surface area contributed by atoms with E-state index in [9.17, 15) is 0 Å². The van der Waals surface area contributed by atoms with Gasteiger partial charge in [0, 0.05) is 33.4 Å². The summed E-state index contributed by atoms with van der Waals surface area (Å²) in [5, 5.41) is 4.74. The Hall–Kier alpha value is -1.63. The van der Waals surface area contributed by atoms with Crippen LogP contribution in [0.1, 0.15) is 41.7 Å². The third-order valence-electron chi connectivity index (χ3n) is 5.64. The van der Waals surface area contributed by atoms with Crippen LogP contribution in [0.2, 0.25) is 0 Å². The lowest BCUT2D eigenvalue weighted by Gasteiger charge is -2.36. The van der Waals surface area contributed by atoms with E-state index in [1.54, 1.807) is 7.11 Å². The van der Waals surface area contributed by atoms with Gasteiger partial charge >= 0.3 is 0 Å². The van der Waals surface area contributed by atoms with Gasteiger partial charge in [-0.3, -0.25) is 9.58 Å². The molecule has 0 radical (unpaired) electrons. The topological polar surface area (TPSA) is 52.7 Å². The monoisotopic (exact) mass is 359 g/mol. The Labute approximate surface area is 155 Å². The van der Waals surface area contributed by atoms with E-state index in [2.05, 4.69) is 21.8 Å². The van der Waals surface area contributed by atoms with Crippen molar-refractivity contribution in [2.75, 3.05) is 33.5 Å². The Balaban J connectivity index is 1.55. The van der Waals surface area contributed by atoms with E-state index in [-0.39, 0.29) is 6.04 Å². The average Bonchev–Trinajstić information content (AvgIpc) is 3.24. The zero-order valence-electron chi connectivity index (χ0n) is 15.8. The van der Waals surface area contributed by atoms with Gasteiger partial charge in [-0.05, 0) is 49.8 Å². The normalized spacial score (nSPS) is 21.8. The highest BCUT2D eigenvalue weighted by atomic mass is 16.5. The molecule has 0 aliphatic carbocycles. The summed E-state index contributed by atoms with van der Waals surface area (Å²) in [5.41, 5.74) is 2.69. The highest BCUT2D eigenvalue weighted by Gasteiger charge is 2.32. The first-order chi connectivity index (χ1) is 12.7. The standard InChI is InChI=1S/C20H29N3O3/c1-15-3-4-18(26-15)13-22-8-5-17-11-21-23(20(17)19(22)14-24-2)12-16-6-9-25-10-7-16/h3-4,11,16,19H,5-10,12-14H2,1-2H3/t19-/m0/s1. The van der Waals surface area contributed by atoms with E-state index in [0.29, 0.717) is 12.5 Å². The van der Waals surface area contributed by atoms with Crippen molar-refractivity contribution in [3.05, 3.63) is 41.1 Å². The summed E-state index contributed by atoms with van der Waals surface area (Å²) in [4.78, 5) is 2.46. The van der Waals surface area contributed by atoms with Gasteiger partial charge in [0.05, 0.1) is 31.1 Å². The fourth-order valence-corrected chi connectivity index (χ4v) is 4.23. The van der Waals surface area contributed by atoms with Gasteiger partial charge in [-0.2, -0.15) is 5.10 Å². The average molecular weight is 359 g/mol. The third-order valence-corrected chi connectivity index (χ3v) is 5.64. The summed E-state index contributed by atoms with van der Waals surface area (Å²) in [6.45, 7) is 7.21. The van der Waals surface area contributed by atoms with E-state index >= 15 is 0 Å². The van der Waals surface area contributed by atoms with E-state index in [4.69, 9.17) is 19.0 Å². The molecule has 0 N–H and O–H groups in total. The van der Waals surface area contributed by atoms with Crippen LogP contribution in [0.25, 0.3) is 0 Å². The minimum atomic E-state index is 0.219. The van der Waals surface area contributed by atoms with Crippen LogP contribution in [0.4, 0.5) is 0 Å². The molecule has 1 saturated heterocycles. The molecule has 2 aromatic rings. The van der Waals surface area contributed by atoms with Crippen molar-refractivity contribution < 1.29 is 13.9 Å². The zero-order chi connectivity index (χ0) is 17.9. The number of fused-ring (bicyclic) bond motifs is 1. The third kappa shape index (κ3) is 3.72. The Morgan fingerprint density at radius 3 is 2.85 bits per heavy atom. The van der Waals surface area contributed by atoms with Gasteiger partial charge < -0.3 is 13.9 Å². The fraction of sp³-hybridized carbons (Fsp3) is 0.650. The molecule has 1 atom stereocenters. The van der Waals surface area contributed by atoms with Crippen LogP contribution in [0, 0.1) is 12.8 Å². The first-order valence-electron chi connectivity index (χ1n) is 9.65. The molecule has 2 aliphatic heterocycles. The van der Waals surface area contributed by atoms with Crippen LogP contribution in [0.3, 0.4) is 0 Å². The number of hydrogen-bond acceptors (Lipinski definition) is 5. The minimum absolute atomic E-state index is 0.219. The van der Waals surface area contributed by atoms with Crippen LogP contribution >= 0.6 is 0 Å². The van der Waals surface area contributed by atoms with Gasteiger partial charge in [-0.1, -0.05) is 0 Å². The van der Waals surface area contributed by atoms with Gasteiger partial charge in [0.15, 0.2) is 0 Å². The SMILES string of the molecule is COC[C@H]1c2c(cnn2CC2CCOCC2)CCN1Cc1ccc(C)o1. The maximum absolute atomic E-state index is 5.82. The van der Waals surface area contributed by atoms with Crippen LogP contribution in [-0.2, 0) is 29.0 Å². The van der Waals surface area contributed by atoms with Crippen molar-refractivity contribution in [2.45, 2.75) is 45.3 Å². The van der Waals surface area contributed by atoms with Crippen molar-refractivity contribution in [3.8, 4) is 0 Å². The summed E-state index contributed by atoms with van der Waals surface area (Å²) in [7, 11) is 1.78. The van der Waals surface area contributed by atoms with Crippen molar-refractivity contribution in [1.29, 1.82) is 0 Å². The summed E-state index contributed by atoms with van der Waals surface area (Å²) >= 11 is 0. The highest BCUT2D eigenvalue weighted by Crippen LogP contribution is 2.32. The molecule has 142 valence electrons. The summed E-state index contributed by atoms with van der Waals surface area (Å²) < 4.78 is 19.1. The molecule has 0 bridgehead atoms. The Morgan fingerprint density at radius 1 is 1.27 bits per heavy atom. The smallest absolute Gasteiger partial charge is 0.118 e. The van der Waals surface area contributed by atoms with E-state index < -0.39 is 0 Å². The van der Waals surface area contributed by atoms with Gasteiger partial charge in [0.1, 0.15) is 11.5 Å². The molecule has 2 aliphatic rings. The second kappa shape index (κ2) is 7.94. The van der Waals surface area contributed by atoms with E-state index in [1.807, 2.05) is 13.0 Å². The Kier molecular flexibility index (Phi) is 5.43. The lowest BCUT2D eigenvalue weighted by molar-refractivity contribution is 0.0533. The van der Waals surface area contributed by atoms with Crippen LogP contribution in [0.15, 0.2) is 22.7 Å². The molecule has 4 heterocycles. The molecule has 1 fully saturated rings. The molecule has 2 aromatic heterocycles. The van der Waals surface area contributed by atoms with Gasteiger partial charge in [0.25, 0.3) is 0 Å². The molecular formula is C20H29N3O3. The number of methoxy groups -OCH3 is 1. The van der Waals surface area contributed by atoms with Crippen molar-refractivity contribution in [2.24, 2.45) is 5.92 Å². The Bertz CT molecular complexity index is 718. The Morgan fingerprint density at radius 2 is 2.12 bits per heavy atom. The first kappa shape index (κ1) is 17.8. The van der Waals surface area contributed by atoms with Gasteiger partial charge in [0.2, 0.25) is 0 Å². The number of rotatable bonds is 6. The molecule has 0 spiro atoms. The molecule has 0 aromatic carbocycles. The minimum Gasteiger partial charge on any atom is -0.465 e. The highest BCUT2D eigenvalue weighted by molar-refractivity contribution is 5.25.